The molecule has 0 radical (unpaired) electrons. The van der Waals surface area contributed by atoms with Crippen LogP contribution in [0.1, 0.15) is 10.6 Å². The number of carboxylic acid groups (broad SMARTS) is 1. The zero-order chi connectivity index (χ0) is 10.8. The molecule has 76 valence electrons. The third-order valence-corrected chi connectivity index (χ3v) is 2.29. The van der Waals surface area contributed by atoms with Gasteiger partial charge >= 0.3 is 5.97 Å². The van der Waals surface area contributed by atoms with Crippen molar-refractivity contribution in [3.8, 4) is 5.69 Å². The lowest BCUT2D eigenvalue weighted by Gasteiger charge is -2.00. The van der Waals surface area contributed by atoms with Gasteiger partial charge in [0.05, 0.1) is 10.2 Å². The van der Waals surface area contributed by atoms with E-state index in [0.717, 1.165) is 0 Å². The van der Waals surface area contributed by atoms with Gasteiger partial charge in [0.25, 0.3) is 5.82 Å². The van der Waals surface area contributed by atoms with Crippen molar-refractivity contribution in [2.24, 2.45) is 0 Å². The van der Waals surface area contributed by atoms with Crippen molar-refractivity contribution in [2.45, 2.75) is 0 Å². The highest BCUT2D eigenvalue weighted by Crippen LogP contribution is 2.17. The number of nitrogens with zero attached hydrogens (tertiary/aromatic N) is 4. The molecule has 2 rings (SSSR count). The molecular formula is C8H5BrN4O2. The van der Waals surface area contributed by atoms with E-state index in [1.54, 1.807) is 18.5 Å². The average molecular weight is 269 g/mol. The summed E-state index contributed by atoms with van der Waals surface area (Å²) >= 11 is 3.28. The maximum atomic E-state index is 10.6. The van der Waals surface area contributed by atoms with Gasteiger partial charge in [0, 0.05) is 12.4 Å². The molecule has 0 saturated heterocycles. The Kier molecular flexibility index (Phi) is 2.46. The van der Waals surface area contributed by atoms with E-state index in [9.17, 15) is 4.79 Å². The summed E-state index contributed by atoms with van der Waals surface area (Å²) < 4.78 is 2.08. The maximum Gasteiger partial charge on any atom is 0.375 e. The molecule has 6 nitrogen and oxygen atoms in total. The molecule has 2 aromatic heterocycles. The third-order valence-electron chi connectivity index (χ3n) is 1.68. The molecule has 0 atom stereocenters. The number of aromatic nitrogens is 4. The number of halogens is 1. The molecule has 0 amide bonds. The Morgan fingerprint density at radius 3 is 2.93 bits per heavy atom. The number of pyridine rings is 1. The second-order valence-electron chi connectivity index (χ2n) is 2.64. The molecule has 15 heavy (non-hydrogen) atoms. The fourth-order valence-electron chi connectivity index (χ4n) is 1.03. The lowest BCUT2D eigenvalue weighted by atomic mass is 10.4. The molecule has 0 aliphatic rings. The summed E-state index contributed by atoms with van der Waals surface area (Å²) in [7, 11) is 0. The van der Waals surface area contributed by atoms with Crippen molar-refractivity contribution in [1.82, 2.24) is 19.7 Å². The summed E-state index contributed by atoms with van der Waals surface area (Å²) in [6.45, 7) is 0. The highest BCUT2D eigenvalue weighted by molar-refractivity contribution is 9.10. The van der Waals surface area contributed by atoms with Gasteiger partial charge in [-0.3, -0.25) is 4.98 Å². The molecule has 0 fully saturated rings. The molecule has 0 aliphatic heterocycles. The van der Waals surface area contributed by atoms with Gasteiger partial charge in [0.1, 0.15) is 6.33 Å². The van der Waals surface area contributed by atoms with Crippen LogP contribution in [0.5, 0.6) is 0 Å². The Bertz CT molecular complexity index is 511. The zero-order valence-electron chi connectivity index (χ0n) is 7.33. The largest absolute Gasteiger partial charge is 0.475 e. The van der Waals surface area contributed by atoms with Crippen LogP contribution in [-0.4, -0.2) is 30.8 Å². The standard InChI is InChI=1S/C8H5BrN4O2/c9-5-3-10-2-1-6(5)13-4-11-7(12-13)8(14)15/h1-4H,(H,14,15). The van der Waals surface area contributed by atoms with Gasteiger partial charge in [0.2, 0.25) is 0 Å². The molecule has 0 aromatic carbocycles. The normalized spacial score (nSPS) is 10.2. The molecule has 7 heteroatoms. The highest BCUT2D eigenvalue weighted by atomic mass is 79.9. The summed E-state index contributed by atoms with van der Waals surface area (Å²) in [6, 6.07) is 1.70. The van der Waals surface area contributed by atoms with Crippen LogP contribution in [0.2, 0.25) is 0 Å². The van der Waals surface area contributed by atoms with E-state index in [2.05, 4.69) is 31.0 Å². The third kappa shape index (κ3) is 1.86. The lowest BCUT2D eigenvalue weighted by Crippen LogP contribution is -2.02. The second-order valence-corrected chi connectivity index (χ2v) is 3.50. The van der Waals surface area contributed by atoms with Gasteiger partial charge in [-0.1, -0.05) is 0 Å². The molecule has 2 aromatic rings. The van der Waals surface area contributed by atoms with Crippen molar-refractivity contribution in [1.29, 1.82) is 0 Å². The molecule has 2 heterocycles. The van der Waals surface area contributed by atoms with Crippen molar-refractivity contribution in [3.63, 3.8) is 0 Å². The van der Waals surface area contributed by atoms with E-state index in [1.807, 2.05) is 0 Å². The number of aromatic carboxylic acids is 1. The molecule has 0 bridgehead atoms. The first kappa shape index (κ1) is 9.78. The summed E-state index contributed by atoms with van der Waals surface area (Å²) in [4.78, 5) is 18.1. The SMILES string of the molecule is O=C(O)c1ncn(-c2ccncc2Br)n1. The number of carbonyl (C=O) groups is 1. The first-order valence-corrected chi connectivity index (χ1v) is 4.72. The predicted molar refractivity (Wildman–Crippen MR) is 53.8 cm³/mol. The topological polar surface area (TPSA) is 80.9 Å². The van der Waals surface area contributed by atoms with E-state index < -0.39 is 5.97 Å². The van der Waals surface area contributed by atoms with E-state index in [1.165, 1.54) is 11.0 Å². The Hall–Kier alpha value is -1.76. The van der Waals surface area contributed by atoms with Crippen molar-refractivity contribution >= 4 is 21.9 Å². The van der Waals surface area contributed by atoms with Crippen LogP contribution in [0.3, 0.4) is 0 Å². The minimum Gasteiger partial charge on any atom is -0.475 e. The molecule has 0 unspecified atom stereocenters. The fourth-order valence-corrected chi connectivity index (χ4v) is 1.46. The fraction of sp³-hybridized carbons (Fsp3) is 0. The molecular weight excluding hydrogens is 264 g/mol. The number of hydrogen-bond acceptors (Lipinski definition) is 4. The number of hydrogen-bond donors (Lipinski definition) is 1. The van der Waals surface area contributed by atoms with E-state index in [-0.39, 0.29) is 5.82 Å². The minimum atomic E-state index is -1.15. The van der Waals surface area contributed by atoms with Gasteiger partial charge < -0.3 is 5.11 Å². The van der Waals surface area contributed by atoms with Crippen LogP contribution in [0.15, 0.2) is 29.3 Å². The van der Waals surface area contributed by atoms with E-state index in [4.69, 9.17) is 5.11 Å². The summed E-state index contributed by atoms with van der Waals surface area (Å²) in [6.07, 6.45) is 4.52. The Balaban J connectivity index is 2.46. The Morgan fingerprint density at radius 1 is 1.53 bits per heavy atom. The number of rotatable bonds is 2. The number of carboxylic acids is 1. The lowest BCUT2D eigenvalue weighted by molar-refractivity contribution is 0.0683. The van der Waals surface area contributed by atoms with Gasteiger partial charge in [-0.2, -0.15) is 0 Å². The van der Waals surface area contributed by atoms with Crippen molar-refractivity contribution in [2.75, 3.05) is 0 Å². The monoisotopic (exact) mass is 268 g/mol. The molecule has 0 spiro atoms. The summed E-state index contributed by atoms with van der Waals surface area (Å²) in [5, 5.41) is 12.4. The summed E-state index contributed by atoms with van der Waals surface area (Å²) in [5.74, 6) is -1.39. The Morgan fingerprint density at radius 2 is 2.33 bits per heavy atom. The van der Waals surface area contributed by atoms with Crippen LogP contribution >= 0.6 is 15.9 Å². The minimum absolute atomic E-state index is 0.237. The Labute approximate surface area is 92.7 Å². The zero-order valence-corrected chi connectivity index (χ0v) is 8.92. The summed E-state index contributed by atoms with van der Waals surface area (Å²) in [5.41, 5.74) is 0.685. The smallest absolute Gasteiger partial charge is 0.375 e. The molecule has 0 aliphatic carbocycles. The van der Waals surface area contributed by atoms with Gasteiger partial charge in [-0.25, -0.2) is 14.5 Å². The first-order chi connectivity index (χ1) is 7.18. The van der Waals surface area contributed by atoms with Crippen molar-refractivity contribution in [3.05, 3.63) is 35.1 Å². The quantitative estimate of drug-likeness (QED) is 0.883. The van der Waals surface area contributed by atoms with Gasteiger partial charge in [-0.15, -0.1) is 5.10 Å². The van der Waals surface area contributed by atoms with Gasteiger partial charge in [-0.05, 0) is 22.0 Å². The highest BCUT2D eigenvalue weighted by Gasteiger charge is 2.10. The maximum absolute atomic E-state index is 10.6. The van der Waals surface area contributed by atoms with Crippen molar-refractivity contribution < 1.29 is 9.90 Å². The van der Waals surface area contributed by atoms with E-state index >= 15 is 0 Å². The first-order valence-electron chi connectivity index (χ1n) is 3.93. The van der Waals surface area contributed by atoms with Crippen LogP contribution in [0.25, 0.3) is 5.69 Å². The van der Waals surface area contributed by atoms with Crippen LogP contribution in [0, 0.1) is 0 Å². The molecule has 1 N–H and O–H groups in total. The predicted octanol–water partition coefficient (Wildman–Crippen LogP) is 1.12. The van der Waals surface area contributed by atoms with Gasteiger partial charge in [0.15, 0.2) is 0 Å². The second kappa shape index (κ2) is 3.77. The van der Waals surface area contributed by atoms with Crippen LogP contribution in [0.4, 0.5) is 0 Å². The van der Waals surface area contributed by atoms with E-state index in [0.29, 0.717) is 10.2 Å². The molecule has 0 saturated carbocycles. The average Bonchev–Trinajstić information content (AvgIpc) is 2.67. The van der Waals surface area contributed by atoms with Crippen LogP contribution < -0.4 is 0 Å². The van der Waals surface area contributed by atoms with Crippen LogP contribution in [-0.2, 0) is 0 Å².